The van der Waals surface area contributed by atoms with Crippen molar-refractivity contribution in [3.63, 3.8) is 0 Å². The molecule has 0 spiro atoms. The number of unbranched alkanes of at least 4 members (excludes halogenated alkanes) is 12. The van der Waals surface area contributed by atoms with Gasteiger partial charge in [0, 0.05) is 0 Å². The van der Waals surface area contributed by atoms with Crippen molar-refractivity contribution >= 4 is 26.2 Å². The molecule has 0 aromatic heterocycles. The second-order valence-corrected chi connectivity index (χ2v) is 17.6. The molecule has 0 rings (SSSR count). The van der Waals surface area contributed by atoms with Crippen molar-refractivity contribution in [2.45, 2.75) is 161 Å². The van der Waals surface area contributed by atoms with Crippen LogP contribution in [0.5, 0.6) is 0 Å². The van der Waals surface area contributed by atoms with E-state index in [1.165, 1.54) is 71.0 Å². The van der Waals surface area contributed by atoms with Gasteiger partial charge in [-0.05, 0) is 44.8 Å². The number of aliphatic carboxylic acids is 1. The van der Waals surface area contributed by atoms with E-state index in [-0.39, 0.29) is 5.04 Å². The minimum atomic E-state index is -2.74. The molecule has 0 aromatic rings. The first-order valence-corrected chi connectivity index (χ1v) is 18.4. The fourth-order valence-electron chi connectivity index (χ4n) is 4.43. The number of rotatable bonds is 22. The van der Waals surface area contributed by atoms with Crippen molar-refractivity contribution in [1.29, 1.82) is 0 Å². The number of methoxy groups -OCH3 is 1. The highest BCUT2D eigenvalue weighted by Crippen LogP contribution is 2.43. The Bertz CT molecular complexity index is 770. The van der Waals surface area contributed by atoms with Crippen LogP contribution in [0.15, 0.2) is 12.2 Å². The summed E-state index contributed by atoms with van der Waals surface area (Å²) < 4.78 is 17.0. The van der Waals surface area contributed by atoms with Crippen molar-refractivity contribution in [2.24, 2.45) is 5.92 Å². The Kier molecular flexibility index (Phi) is 18.6. The predicted molar refractivity (Wildman–Crippen MR) is 165 cm³/mol. The number of carboxylic acids is 1. The third kappa shape index (κ3) is 14.3. The molecule has 0 heterocycles. The molecule has 7 nitrogen and oxygen atoms in total. The third-order valence-corrected chi connectivity index (χ3v) is 12.4. The number of carboxylic acid groups (broad SMARTS) is 1. The number of hydrogen-bond acceptors (Lipinski definition) is 6. The van der Waals surface area contributed by atoms with E-state index in [4.69, 9.17) is 13.9 Å². The summed E-state index contributed by atoms with van der Waals surface area (Å²) >= 11 is 0. The van der Waals surface area contributed by atoms with Crippen molar-refractivity contribution < 1.29 is 33.4 Å². The lowest BCUT2D eigenvalue weighted by Gasteiger charge is -2.45. The van der Waals surface area contributed by atoms with Gasteiger partial charge in [-0.3, -0.25) is 9.59 Å². The summed E-state index contributed by atoms with van der Waals surface area (Å²) in [5.74, 6) is -4.21. The molecule has 0 unspecified atom stereocenters. The largest absolute Gasteiger partial charge is 0.481 e. The van der Waals surface area contributed by atoms with Gasteiger partial charge in [0.25, 0.3) is 0 Å². The molecule has 40 heavy (non-hydrogen) atoms. The second-order valence-electron chi connectivity index (χ2n) is 12.9. The van der Waals surface area contributed by atoms with Crippen LogP contribution in [0.25, 0.3) is 0 Å². The Balaban J connectivity index is 5.45. The van der Waals surface area contributed by atoms with E-state index in [0.29, 0.717) is 6.42 Å². The second kappa shape index (κ2) is 19.4. The summed E-state index contributed by atoms with van der Waals surface area (Å²) in [5, 5.41) is 9.97. The molecule has 0 saturated heterocycles. The average Bonchev–Trinajstić information content (AvgIpc) is 2.84. The molecule has 0 bridgehead atoms. The molecular weight excluding hydrogens is 524 g/mol. The summed E-state index contributed by atoms with van der Waals surface area (Å²) in [4.78, 5) is 38.8. The quantitative estimate of drug-likeness (QED) is 0.0588. The minimum Gasteiger partial charge on any atom is -0.481 e. The van der Waals surface area contributed by atoms with Crippen LogP contribution >= 0.6 is 0 Å². The molecular formula is C32H60O7Si. The van der Waals surface area contributed by atoms with Gasteiger partial charge < -0.3 is 19.0 Å². The molecule has 0 saturated carbocycles. The van der Waals surface area contributed by atoms with Gasteiger partial charge in [-0.15, -0.1) is 0 Å². The normalized spacial score (nSPS) is 14.8. The molecule has 0 aromatic carbocycles. The van der Waals surface area contributed by atoms with Gasteiger partial charge in [0.2, 0.25) is 0 Å². The summed E-state index contributed by atoms with van der Waals surface area (Å²) in [5.41, 5.74) is -2.03. The van der Waals surface area contributed by atoms with Gasteiger partial charge in [0.1, 0.15) is 5.92 Å². The maximum atomic E-state index is 13.6. The zero-order valence-electron chi connectivity index (χ0n) is 27.1. The number of allylic oxidation sites excluding steroid dienone is 1. The van der Waals surface area contributed by atoms with Gasteiger partial charge in [-0.25, -0.2) is 4.79 Å². The fourth-order valence-corrected chi connectivity index (χ4v) is 5.93. The number of esters is 2. The van der Waals surface area contributed by atoms with Crippen LogP contribution in [0, 0.1) is 5.92 Å². The van der Waals surface area contributed by atoms with Crippen molar-refractivity contribution in [3.05, 3.63) is 12.2 Å². The van der Waals surface area contributed by atoms with E-state index in [1.807, 2.05) is 33.9 Å². The molecule has 0 aliphatic rings. The topological polar surface area (TPSA) is 99.1 Å². The summed E-state index contributed by atoms with van der Waals surface area (Å²) in [7, 11) is -1.52. The monoisotopic (exact) mass is 584 g/mol. The number of carbonyl (C=O) groups is 3. The molecule has 2 atom stereocenters. The van der Waals surface area contributed by atoms with E-state index in [2.05, 4.69) is 6.92 Å². The zero-order chi connectivity index (χ0) is 30.8. The summed E-state index contributed by atoms with van der Waals surface area (Å²) in [6, 6.07) is 0. The Labute approximate surface area is 245 Å². The average molecular weight is 585 g/mol. The Morgan fingerprint density at radius 1 is 0.850 bits per heavy atom. The molecule has 0 aliphatic heterocycles. The first kappa shape index (κ1) is 38.3. The number of hydrogen-bond donors (Lipinski definition) is 1. The summed E-state index contributed by atoms with van der Waals surface area (Å²) in [6.45, 7) is 15.5. The number of ether oxygens (including phenoxy) is 2. The number of carbonyl (C=O) groups excluding carboxylic acids is 2. The summed E-state index contributed by atoms with van der Waals surface area (Å²) in [6.07, 6.45) is 17.9. The Hall–Kier alpha value is -1.67. The maximum absolute atomic E-state index is 13.6. The molecule has 234 valence electrons. The first-order valence-electron chi connectivity index (χ1n) is 15.5. The molecule has 0 fully saturated rings. The highest BCUT2D eigenvalue weighted by Gasteiger charge is 2.57. The zero-order valence-corrected chi connectivity index (χ0v) is 28.1. The van der Waals surface area contributed by atoms with Crippen LogP contribution in [0.3, 0.4) is 0 Å². The Morgan fingerprint density at radius 2 is 1.32 bits per heavy atom. The van der Waals surface area contributed by atoms with Gasteiger partial charge >= 0.3 is 17.9 Å². The standard InChI is InChI=1S/C32H60O7Si/c1-10-11-12-13-14-15-16-17-18-19-20-21-22-23-24-27(29(34)35)32(25-28(33)37-7,30(36)38-26(2)3)39-40(8,9)31(4,5)6/h23-24,26-27H,10-22,25H2,1-9H3,(H,34,35)/b24-23+/t27-,32+/m1/s1. The molecule has 0 radical (unpaired) electrons. The molecule has 0 aliphatic carbocycles. The lowest BCUT2D eigenvalue weighted by atomic mass is 9.83. The minimum absolute atomic E-state index is 0.339. The van der Waals surface area contributed by atoms with Crippen LogP contribution < -0.4 is 0 Å². The van der Waals surface area contributed by atoms with E-state index in [1.54, 1.807) is 19.9 Å². The van der Waals surface area contributed by atoms with Crippen LogP contribution in [0.4, 0.5) is 0 Å². The molecule has 0 amide bonds. The van der Waals surface area contributed by atoms with Gasteiger partial charge in [0.05, 0.1) is 19.6 Å². The highest BCUT2D eigenvalue weighted by atomic mass is 28.4. The maximum Gasteiger partial charge on any atom is 0.339 e. The molecule has 8 heteroatoms. The third-order valence-electron chi connectivity index (χ3n) is 7.89. The van der Waals surface area contributed by atoms with E-state index in [0.717, 1.165) is 19.3 Å². The van der Waals surface area contributed by atoms with Gasteiger partial charge in [-0.1, -0.05) is 110 Å². The lowest BCUT2D eigenvalue weighted by molar-refractivity contribution is -0.182. The smallest absolute Gasteiger partial charge is 0.339 e. The van der Waals surface area contributed by atoms with E-state index in [9.17, 15) is 19.5 Å². The van der Waals surface area contributed by atoms with Crippen molar-refractivity contribution in [1.82, 2.24) is 0 Å². The van der Waals surface area contributed by atoms with E-state index >= 15 is 0 Å². The SMILES string of the molecule is CCCCCCCCCCCCCC/C=C/[C@H](C(=O)O)[C@](CC(=O)OC)(O[Si](C)(C)C(C)(C)C)C(=O)OC(C)C. The lowest BCUT2D eigenvalue weighted by Crippen LogP contribution is -2.60. The fraction of sp³-hybridized carbons (Fsp3) is 0.844. The van der Waals surface area contributed by atoms with Crippen LogP contribution in [-0.2, 0) is 28.3 Å². The van der Waals surface area contributed by atoms with Crippen LogP contribution in [0.1, 0.15) is 131 Å². The first-order chi connectivity index (χ1) is 18.6. The van der Waals surface area contributed by atoms with E-state index < -0.39 is 50.3 Å². The van der Waals surface area contributed by atoms with Gasteiger partial charge in [-0.2, -0.15) is 0 Å². The van der Waals surface area contributed by atoms with Gasteiger partial charge in [0.15, 0.2) is 13.9 Å². The van der Waals surface area contributed by atoms with Crippen LogP contribution in [-0.4, -0.2) is 50.1 Å². The Morgan fingerprint density at radius 3 is 1.73 bits per heavy atom. The predicted octanol–water partition coefficient (Wildman–Crippen LogP) is 8.61. The highest BCUT2D eigenvalue weighted by molar-refractivity contribution is 6.74. The van der Waals surface area contributed by atoms with Crippen molar-refractivity contribution in [2.75, 3.05) is 7.11 Å². The van der Waals surface area contributed by atoms with Crippen molar-refractivity contribution in [3.8, 4) is 0 Å². The van der Waals surface area contributed by atoms with Crippen LogP contribution in [0.2, 0.25) is 18.1 Å². The molecule has 1 N–H and O–H groups in total.